The van der Waals surface area contributed by atoms with E-state index < -0.39 is 5.91 Å². The van der Waals surface area contributed by atoms with Crippen molar-refractivity contribution in [3.8, 4) is 5.75 Å². The Hall–Kier alpha value is -13.8. The Morgan fingerprint density at radius 1 is 0.270 bits per heavy atom. The Morgan fingerprint density at radius 2 is 0.548 bits per heavy atom. The first-order chi connectivity index (χ1) is 56.6. The monoisotopic (exact) mass is 1540 g/mol. The summed E-state index contributed by atoms with van der Waals surface area (Å²) >= 11 is 12.6. The summed E-state index contributed by atoms with van der Waals surface area (Å²) in [5.41, 5.74) is 23.1. The van der Waals surface area contributed by atoms with E-state index in [-0.39, 0.29) is 41.6 Å². The molecule has 0 saturated heterocycles. The maximum atomic E-state index is 13.6. The van der Waals surface area contributed by atoms with Crippen molar-refractivity contribution in [3.05, 3.63) is 505 Å². The van der Waals surface area contributed by atoms with E-state index in [1.807, 2.05) is 198 Å². The molecule has 12 heteroatoms. The first kappa shape index (κ1) is 75.3. The molecule has 0 bridgehead atoms. The minimum atomic E-state index is -0.549. The van der Waals surface area contributed by atoms with Gasteiger partial charge in [0, 0.05) is 61.9 Å². The smallest absolute Gasteiger partial charge is 0.410 e. The molecule has 0 spiro atoms. The van der Waals surface area contributed by atoms with Crippen molar-refractivity contribution in [1.29, 1.82) is 0 Å². The van der Waals surface area contributed by atoms with E-state index in [2.05, 4.69) is 170 Å². The number of carbonyl (C=O) groups is 5. The molecule has 0 fully saturated rings. The predicted molar refractivity (Wildman–Crippen MR) is 461 cm³/mol. The van der Waals surface area contributed by atoms with Crippen LogP contribution in [0.1, 0.15) is 133 Å². The number of nitrogens with zero attached hydrogens (tertiary/aromatic N) is 4. The van der Waals surface area contributed by atoms with Crippen molar-refractivity contribution in [2.75, 3.05) is 19.6 Å². The lowest BCUT2D eigenvalue weighted by Gasteiger charge is -2.24. The lowest BCUT2D eigenvalue weighted by molar-refractivity contribution is -0.129. The average Bonchev–Trinajstić information content (AvgIpc) is 1.66. The topological polar surface area (TPSA) is 108 Å². The minimum absolute atomic E-state index is 0.0253. The summed E-state index contributed by atoms with van der Waals surface area (Å²) in [6.45, 7) is 1.90. The van der Waals surface area contributed by atoms with Gasteiger partial charge in [-0.1, -0.05) is 339 Å². The largest absolute Gasteiger partial charge is 0.420 e. The second-order valence-electron chi connectivity index (χ2n) is 28.5. The van der Waals surface area contributed by atoms with Crippen LogP contribution in [0, 0.1) is 0 Å². The Bertz CT molecular complexity index is 5990. The number of halogens is 2. The zero-order valence-electron chi connectivity index (χ0n) is 62.7. The molecule has 4 atom stereocenters. The number of hydrogen-bond donors (Lipinski definition) is 0. The fraction of sp³-hybridized carbons (Fsp3) is 0.0777. The zero-order chi connectivity index (χ0) is 78.6. The first-order valence-corrected chi connectivity index (χ1v) is 39.1. The Balaban J connectivity index is 0.000000115. The highest BCUT2D eigenvalue weighted by atomic mass is 35.5. The van der Waals surface area contributed by atoms with Crippen LogP contribution in [0.4, 0.5) is 27.5 Å². The van der Waals surface area contributed by atoms with E-state index in [1.165, 1.54) is 43.8 Å². The van der Waals surface area contributed by atoms with Crippen molar-refractivity contribution >= 4 is 76.1 Å². The highest BCUT2D eigenvalue weighted by Gasteiger charge is 2.37. The second kappa shape index (κ2) is 34.9. The van der Waals surface area contributed by atoms with Gasteiger partial charge >= 0.3 is 6.09 Å². The van der Waals surface area contributed by atoms with Gasteiger partial charge in [-0.05, 0) is 168 Å². The van der Waals surface area contributed by atoms with Gasteiger partial charge in [-0.2, -0.15) is 0 Å². The van der Waals surface area contributed by atoms with Gasteiger partial charge in [-0.25, -0.2) is 4.79 Å². The lowest BCUT2D eigenvalue weighted by Crippen LogP contribution is -2.33. The summed E-state index contributed by atoms with van der Waals surface area (Å²) in [6.07, 6.45) is -0.00737. The van der Waals surface area contributed by atoms with Gasteiger partial charge in [0.1, 0.15) is 5.75 Å². The predicted octanol–water partition coefficient (Wildman–Crippen LogP) is 23.7. The van der Waals surface area contributed by atoms with Crippen LogP contribution in [0.2, 0.25) is 10.0 Å². The molecule has 4 amide bonds. The molecule has 4 aliphatic heterocycles. The normalized spacial score (nSPS) is 15.2. The van der Waals surface area contributed by atoms with Crippen LogP contribution in [0.3, 0.4) is 0 Å². The first-order valence-electron chi connectivity index (χ1n) is 38.4. The Morgan fingerprint density at radius 3 is 0.939 bits per heavy atom. The average molecular weight is 1540 g/mol. The molecule has 115 heavy (non-hydrogen) atoms. The third kappa shape index (κ3) is 16.1. The number of aldehydes is 1. The Kier molecular flexibility index (Phi) is 22.8. The summed E-state index contributed by atoms with van der Waals surface area (Å²) in [6, 6.07) is 131. The molecular formula is C103H78Cl2N4O6. The highest BCUT2D eigenvalue weighted by molar-refractivity contribution is 6.32. The van der Waals surface area contributed by atoms with Crippen molar-refractivity contribution in [1.82, 2.24) is 0 Å². The highest BCUT2D eigenvalue weighted by Crippen LogP contribution is 2.48. The van der Waals surface area contributed by atoms with Crippen LogP contribution < -0.4 is 24.3 Å². The molecule has 560 valence electrons. The number of amides is 4. The fourth-order valence-corrected chi connectivity index (χ4v) is 16.8. The number of anilines is 4. The van der Waals surface area contributed by atoms with Gasteiger partial charge in [0.25, 0.3) is 17.7 Å². The van der Waals surface area contributed by atoms with E-state index in [0.29, 0.717) is 59.4 Å². The molecule has 15 aromatic carbocycles. The van der Waals surface area contributed by atoms with Crippen LogP contribution in [-0.2, 0) is 35.8 Å². The summed E-state index contributed by atoms with van der Waals surface area (Å²) in [7, 11) is 0. The molecule has 0 aliphatic carbocycles. The molecule has 15 aromatic rings. The zero-order valence-corrected chi connectivity index (χ0v) is 64.2. The van der Waals surface area contributed by atoms with Gasteiger partial charge in [0.2, 0.25) is 6.29 Å². The van der Waals surface area contributed by atoms with Crippen molar-refractivity contribution < 1.29 is 28.7 Å². The van der Waals surface area contributed by atoms with Crippen molar-refractivity contribution in [2.45, 2.75) is 49.9 Å². The molecule has 0 N–H and O–H groups in total. The van der Waals surface area contributed by atoms with Gasteiger partial charge in [0.15, 0.2) is 0 Å². The third-order valence-electron chi connectivity index (χ3n) is 21.7. The molecule has 0 saturated carbocycles. The van der Waals surface area contributed by atoms with E-state index in [9.17, 15) is 24.0 Å². The van der Waals surface area contributed by atoms with Crippen LogP contribution in [0.5, 0.6) is 5.75 Å². The van der Waals surface area contributed by atoms with Crippen LogP contribution >= 0.6 is 23.2 Å². The summed E-state index contributed by atoms with van der Waals surface area (Å²) < 4.78 is 5.71. The van der Waals surface area contributed by atoms with Gasteiger partial charge in [0.05, 0.1) is 31.9 Å². The summed E-state index contributed by atoms with van der Waals surface area (Å²) in [4.78, 5) is 71.0. The molecule has 0 radical (unpaired) electrons. The minimum Gasteiger partial charge on any atom is -0.410 e. The summed E-state index contributed by atoms with van der Waals surface area (Å²) in [5.74, 6) is 0.0980. The molecule has 0 aromatic heterocycles. The second-order valence-corrected chi connectivity index (χ2v) is 29.3. The lowest BCUT2D eigenvalue weighted by atomic mass is 9.83. The number of benzene rings is 15. The van der Waals surface area contributed by atoms with E-state index >= 15 is 0 Å². The number of para-hydroxylation sites is 5. The maximum Gasteiger partial charge on any atom is 0.420 e. The number of hydrogen-bond acceptors (Lipinski definition) is 6. The number of carbonyl (C=O) groups excluding carboxylic acids is 5. The Labute approximate surface area is 680 Å². The molecule has 4 aliphatic rings. The maximum absolute atomic E-state index is 13.6. The molecule has 19 rings (SSSR count). The van der Waals surface area contributed by atoms with Crippen molar-refractivity contribution in [3.63, 3.8) is 0 Å². The van der Waals surface area contributed by atoms with Crippen LogP contribution in [0.25, 0.3) is 0 Å². The number of ether oxygens (including phenoxy) is 1. The molecular weight excluding hydrogens is 1460 g/mol. The van der Waals surface area contributed by atoms with Crippen LogP contribution in [-0.4, -0.2) is 30.1 Å². The molecule has 10 nitrogen and oxygen atoms in total. The number of rotatable bonds is 8. The number of fused-ring (bicyclic) bond motifs is 8. The van der Waals surface area contributed by atoms with Gasteiger partial charge in [-0.15, -0.1) is 0 Å². The molecule has 4 unspecified atom stereocenters. The van der Waals surface area contributed by atoms with Crippen LogP contribution in [0.15, 0.2) is 394 Å². The summed E-state index contributed by atoms with van der Waals surface area (Å²) in [5, 5.41) is 1.30. The van der Waals surface area contributed by atoms with Crippen molar-refractivity contribution in [2.24, 2.45) is 0 Å². The standard InChI is InChI=1S/C27H20ClNO.C27H21NO2.C27H21NO.C22H16ClNO2/c28-22-16-14-20(15-17-22)27(30)29-18-21-10-4-5-11-23(21)26(19-8-2-1-3-9-19)24-12-6-7-13-25(24)29;29-27(30-22-14-5-2-6-15-22)28-19-21-13-7-8-16-23(21)26(20-11-3-1-4-12-20)24-17-9-10-18-25(24)28;29-27(21-13-5-2-6-14-21)28-19-22-15-7-8-16-23(22)26(20-11-3-1-4-12-20)24-17-9-10-18-25(24)28;23-19-11-5-3-9-17(19)22-16-8-2-1-7-15(16)13-24(21(26)14-25)20-12-6-4-10-18(20)22/h1-17,26H,18H2;1-18,26H,19H2;1-18,26H,19H2;1-12,14,22H,13H2. The SMILES string of the molecule is O=C(Oc1ccccc1)N1Cc2ccccc2C(c2ccccc2)c2ccccc21.O=C(c1ccc(Cl)cc1)N1Cc2ccccc2C(c2ccccc2)c2ccccc21.O=C(c1ccccc1)N1Cc2ccccc2C(c2ccccc2)c2ccccc21.O=CC(=O)N1Cc2ccccc2C(c2ccccc2Cl)c2ccccc21. The third-order valence-corrected chi connectivity index (χ3v) is 22.3. The van der Waals surface area contributed by atoms with E-state index in [0.717, 1.165) is 72.8 Å². The quantitative estimate of drug-likeness (QED) is 0.111. The molecule has 4 heterocycles. The van der Waals surface area contributed by atoms with E-state index in [4.69, 9.17) is 27.9 Å². The van der Waals surface area contributed by atoms with Gasteiger partial charge in [-0.3, -0.25) is 24.1 Å². The fourth-order valence-electron chi connectivity index (χ4n) is 16.4. The van der Waals surface area contributed by atoms with Gasteiger partial charge < -0.3 is 19.4 Å². The van der Waals surface area contributed by atoms with E-state index in [1.54, 1.807) is 41.3 Å².